The number of halogens is 2. The van der Waals surface area contributed by atoms with Gasteiger partial charge in [0.15, 0.2) is 5.75 Å². The number of rotatable bonds is 0. The molecule has 2 nitrogen and oxygen atoms in total. The molecule has 0 fully saturated rings. The molecule has 0 aliphatic heterocycles. The van der Waals surface area contributed by atoms with Gasteiger partial charge in [-0.2, -0.15) is 0 Å². The molecule has 1 N–H and O–H groups in total. The highest BCUT2D eigenvalue weighted by Gasteiger charge is 2.05. The molecule has 1 heterocycles. The van der Waals surface area contributed by atoms with E-state index >= 15 is 0 Å². The van der Waals surface area contributed by atoms with Crippen LogP contribution in [0.5, 0.6) is 5.75 Å². The largest absolute Gasteiger partial charge is 0.505 e. The van der Waals surface area contributed by atoms with E-state index in [2.05, 4.69) is 4.98 Å². The van der Waals surface area contributed by atoms with Crippen molar-refractivity contribution in [3.05, 3.63) is 21.9 Å². The minimum absolute atomic E-state index is 0.0859. The van der Waals surface area contributed by atoms with Gasteiger partial charge in [-0.25, -0.2) is 0 Å². The molecule has 1 aromatic rings. The van der Waals surface area contributed by atoms with Crippen molar-refractivity contribution >= 4 is 23.2 Å². The van der Waals surface area contributed by atoms with Crippen LogP contribution in [0.3, 0.4) is 0 Å². The van der Waals surface area contributed by atoms with Crippen molar-refractivity contribution in [1.29, 1.82) is 0 Å². The average molecular weight is 178 g/mol. The second-order valence-corrected chi connectivity index (χ2v) is 2.61. The minimum Gasteiger partial charge on any atom is -0.505 e. The third-order valence-electron chi connectivity index (χ3n) is 1.12. The summed E-state index contributed by atoms with van der Waals surface area (Å²) in [6.45, 7) is 1.72. The molecule has 0 spiro atoms. The fraction of sp³-hybridized carbons (Fsp3) is 0.167. The zero-order valence-corrected chi connectivity index (χ0v) is 6.74. The zero-order chi connectivity index (χ0) is 7.72. The van der Waals surface area contributed by atoms with Crippen LogP contribution in [0, 0.1) is 6.92 Å². The molecule has 1 rings (SSSR count). The van der Waals surface area contributed by atoms with E-state index in [-0.39, 0.29) is 10.8 Å². The van der Waals surface area contributed by atoms with E-state index < -0.39 is 0 Å². The molecule has 0 aliphatic rings. The molecule has 10 heavy (non-hydrogen) atoms. The van der Waals surface area contributed by atoms with Gasteiger partial charge in [0, 0.05) is 0 Å². The summed E-state index contributed by atoms with van der Waals surface area (Å²) in [5.41, 5.74) is 0.615. The second kappa shape index (κ2) is 2.64. The first kappa shape index (κ1) is 7.63. The molecule has 0 atom stereocenters. The molecule has 0 aliphatic carbocycles. The Morgan fingerprint density at radius 1 is 1.40 bits per heavy atom. The second-order valence-electron chi connectivity index (χ2n) is 1.86. The van der Waals surface area contributed by atoms with Gasteiger partial charge in [-0.15, -0.1) is 0 Å². The minimum atomic E-state index is -0.0859. The van der Waals surface area contributed by atoms with E-state index in [1.54, 1.807) is 6.92 Å². The molecule has 54 valence electrons. The zero-order valence-electron chi connectivity index (χ0n) is 5.23. The SMILES string of the molecule is Cc1ncc(O)c(Cl)c1Cl. The number of nitrogens with zero attached hydrogens (tertiary/aromatic N) is 1. The van der Waals surface area contributed by atoms with Crippen LogP contribution in [0.2, 0.25) is 10.0 Å². The van der Waals surface area contributed by atoms with Gasteiger partial charge < -0.3 is 5.11 Å². The molecule has 0 saturated heterocycles. The van der Waals surface area contributed by atoms with Crippen molar-refractivity contribution in [1.82, 2.24) is 4.98 Å². The van der Waals surface area contributed by atoms with Crippen molar-refractivity contribution in [3.8, 4) is 5.75 Å². The number of aryl methyl sites for hydroxylation is 1. The van der Waals surface area contributed by atoms with Gasteiger partial charge in [-0.05, 0) is 6.92 Å². The lowest BCUT2D eigenvalue weighted by Crippen LogP contribution is -1.82. The highest BCUT2D eigenvalue weighted by molar-refractivity contribution is 6.43. The van der Waals surface area contributed by atoms with Crippen molar-refractivity contribution < 1.29 is 5.11 Å². The lowest BCUT2D eigenvalue weighted by atomic mass is 10.4. The Bertz CT molecular complexity index is 235. The van der Waals surface area contributed by atoms with E-state index in [0.717, 1.165) is 0 Å². The average Bonchev–Trinajstić information content (AvgIpc) is 1.93. The fourth-order valence-corrected chi connectivity index (χ4v) is 0.874. The Labute approximate surface area is 68.4 Å². The van der Waals surface area contributed by atoms with Gasteiger partial charge in [-0.1, -0.05) is 23.2 Å². The fourth-order valence-electron chi connectivity index (χ4n) is 0.543. The first-order valence-corrected chi connectivity index (χ1v) is 3.38. The molecule has 0 radical (unpaired) electrons. The number of hydrogen-bond acceptors (Lipinski definition) is 2. The van der Waals surface area contributed by atoms with Crippen molar-refractivity contribution in [2.45, 2.75) is 6.92 Å². The Hall–Kier alpha value is -0.470. The van der Waals surface area contributed by atoms with Crippen LogP contribution in [-0.4, -0.2) is 10.1 Å². The third-order valence-corrected chi connectivity index (χ3v) is 2.06. The summed E-state index contributed by atoms with van der Waals surface area (Å²) < 4.78 is 0. The first-order valence-electron chi connectivity index (χ1n) is 2.62. The Morgan fingerprint density at radius 2 is 2.00 bits per heavy atom. The Kier molecular flexibility index (Phi) is 2.02. The van der Waals surface area contributed by atoms with Gasteiger partial charge >= 0.3 is 0 Å². The maximum Gasteiger partial charge on any atom is 0.154 e. The molecule has 0 aromatic carbocycles. The number of aromatic hydroxyl groups is 1. The van der Waals surface area contributed by atoms with Gasteiger partial charge in [0.1, 0.15) is 5.02 Å². The topological polar surface area (TPSA) is 33.1 Å². The van der Waals surface area contributed by atoms with Crippen molar-refractivity contribution in [2.24, 2.45) is 0 Å². The molecule has 1 aromatic heterocycles. The molecule has 0 saturated carbocycles. The summed E-state index contributed by atoms with van der Waals surface area (Å²) in [5, 5.41) is 9.41. The number of pyridine rings is 1. The van der Waals surface area contributed by atoms with Crippen LogP contribution < -0.4 is 0 Å². The summed E-state index contributed by atoms with van der Waals surface area (Å²) in [6.07, 6.45) is 1.27. The lowest BCUT2D eigenvalue weighted by Gasteiger charge is -1.99. The van der Waals surface area contributed by atoms with Gasteiger partial charge in [0.25, 0.3) is 0 Å². The van der Waals surface area contributed by atoms with Crippen molar-refractivity contribution in [3.63, 3.8) is 0 Å². The highest BCUT2D eigenvalue weighted by Crippen LogP contribution is 2.31. The molecule has 0 amide bonds. The van der Waals surface area contributed by atoms with E-state index in [0.29, 0.717) is 10.7 Å². The van der Waals surface area contributed by atoms with Crippen LogP contribution in [-0.2, 0) is 0 Å². The highest BCUT2D eigenvalue weighted by atomic mass is 35.5. The van der Waals surface area contributed by atoms with Crippen LogP contribution in [0.1, 0.15) is 5.69 Å². The lowest BCUT2D eigenvalue weighted by molar-refractivity contribution is 0.472. The number of aromatic nitrogens is 1. The monoisotopic (exact) mass is 177 g/mol. The van der Waals surface area contributed by atoms with E-state index in [4.69, 9.17) is 28.3 Å². The quantitative estimate of drug-likeness (QED) is 0.661. The van der Waals surface area contributed by atoms with Crippen LogP contribution in [0.25, 0.3) is 0 Å². The molecular formula is C6H5Cl2NO. The Balaban J connectivity index is 3.34. The molecule has 0 unspecified atom stereocenters. The van der Waals surface area contributed by atoms with Gasteiger partial charge in [0.2, 0.25) is 0 Å². The predicted molar refractivity (Wildman–Crippen MR) is 40.7 cm³/mol. The first-order chi connectivity index (χ1) is 4.63. The van der Waals surface area contributed by atoms with Crippen LogP contribution in [0.4, 0.5) is 0 Å². The van der Waals surface area contributed by atoms with Crippen LogP contribution in [0.15, 0.2) is 6.20 Å². The smallest absolute Gasteiger partial charge is 0.154 e. The molecular weight excluding hydrogens is 173 g/mol. The van der Waals surface area contributed by atoms with Crippen molar-refractivity contribution in [2.75, 3.05) is 0 Å². The predicted octanol–water partition coefficient (Wildman–Crippen LogP) is 2.40. The summed E-state index contributed by atoms with van der Waals surface area (Å²) in [4.78, 5) is 3.77. The van der Waals surface area contributed by atoms with Gasteiger partial charge in [-0.3, -0.25) is 4.98 Å². The maximum atomic E-state index is 8.95. The molecule has 4 heteroatoms. The Morgan fingerprint density at radius 3 is 2.50 bits per heavy atom. The van der Waals surface area contributed by atoms with E-state index in [1.165, 1.54) is 6.20 Å². The van der Waals surface area contributed by atoms with E-state index in [9.17, 15) is 0 Å². The normalized spacial score (nSPS) is 9.90. The molecule has 0 bridgehead atoms. The summed E-state index contributed by atoms with van der Waals surface area (Å²) in [6, 6.07) is 0. The number of hydrogen-bond donors (Lipinski definition) is 1. The summed E-state index contributed by atoms with van der Waals surface area (Å²) in [7, 11) is 0. The van der Waals surface area contributed by atoms with Crippen LogP contribution >= 0.6 is 23.2 Å². The third kappa shape index (κ3) is 1.18. The summed E-state index contributed by atoms with van der Waals surface area (Å²) >= 11 is 11.2. The van der Waals surface area contributed by atoms with Gasteiger partial charge in [0.05, 0.1) is 16.9 Å². The maximum absolute atomic E-state index is 8.95. The standard InChI is InChI=1S/C6H5Cl2NO/c1-3-5(7)6(8)4(10)2-9-3/h2,10H,1H3. The van der Waals surface area contributed by atoms with E-state index in [1.807, 2.05) is 0 Å². The summed E-state index contributed by atoms with van der Waals surface area (Å²) in [5.74, 6) is -0.0859.